The second kappa shape index (κ2) is 5.81. The molecule has 20 heavy (non-hydrogen) atoms. The summed E-state index contributed by atoms with van der Waals surface area (Å²) in [4.78, 5) is 5.71. The Labute approximate surface area is 122 Å². The van der Waals surface area contributed by atoms with Gasteiger partial charge in [0.2, 0.25) is 0 Å². The third-order valence-corrected chi connectivity index (χ3v) is 4.19. The van der Waals surface area contributed by atoms with Gasteiger partial charge in [0.25, 0.3) is 0 Å². The number of nitrogens with zero attached hydrogens (tertiary/aromatic N) is 2. The first-order valence-electron chi connectivity index (χ1n) is 6.96. The molecule has 1 unspecified atom stereocenters. The van der Waals surface area contributed by atoms with Crippen LogP contribution in [0.25, 0.3) is 4.96 Å². The van der Waals surface area contributed by atoms with E-state index in [2.05, 4.69) is 40.1 Å². The largest absolute Gasteiger partial charge is 0.467 e. The molecule has 0 fully saturated rings. The number of nitrogens with one attached hydrogen (secondary N) is 1. The Balaban J connectivity index is 1.82. The highest BCUT2D eigenvalue weighted by Gasteiger charge is 2.18. The molecule has 1 N–H and O–H groups in total. The average molecular weight is 289 g/mol. The molecule has 3 heterocycles. The zero-order chi connectivity index (χ0) is 13.9. The first-order valence-corrected chi connectivity index (χ1v) is 7.84. The van der Waals surface area contributed by atoms with Crippen molar-refractivity contribution in [3.63, 3.8) is 0 Å². The Morgan fingerprint density at radius 1 is 1.50 bits per heavy atom. The van der Waals surface area contributed by atoms with Gasteiger partial charge in [-0.15, -0.1) is 11.3 Å². The van der Waals surface area contributed by atoms with E-state index in [0.717, 1.165) is 35.8 Å². The van der Waals surface area contributed by atoms with Gasteiger partial charge in [0.05, 0.1) is 18.0 Å². The fraction of sp³-hybridized carbons (Fsp3) is 0.400. The first-order chi connectivity index (χ1) is 9.78. The summed E-state index contributed by atoms with van der Waals surface area (Å²) in [7, 11) is 0. The summed E-state index contributed by atoms with van der Waals surface area (Å²) in [6.45, 7) is 5.24. The van der Waals surface area contributed by atoms with Gasteiger partial charge in [-0.05, 0) is 31.5 Å². The molecule has 0 aromatic carbocycles. The average Bonchev–Trinajstić information content (AvgIpc) is 3.10. The number of aryl methyl sites for hydroxylation is 1. The highest BCUT2D eigenvalue weighted by molar-refractivity contribution is 7.15. The van der Waals surface area contributed by atoms with Crippen molar-refractivity contribution in [2.75, 3.05) is 6.54 Å². The Hall–Kier alpha value is -1.59. The van der Waals surface area contributed by atoms with E-state index in [1.165, 1.54) is 5.56 Å². The lowest BCUT2D eigenvalue weighted by Crippen LogP contribution is -2.24. The summed E-state index contributed by atoms with van der Waals surface area (Å²) in [5.74, 6) is 1.02. The number of aromatic nitrogens is 2. The van der Waals surface area contributed by atoms with Crippen LogP contribution in [0.15, 0.2) is 34.5 Å². The molecule has 5 heteroatoms. The van der Waals surface area contributed by atoms with Gasteiger partial charge in [-0.25, -0.2) is 4.98 Å². The lowest BCUT2D eigenvalue weighted by molar-refractivity contribution is 0.406. The van der Waals surface area contributed by atoms with Crippen LogP contribution >= 0.6 is 11.3 Å². The zero-order valence-corrected chi connectivity index (χ0v) is 12.6. The fourth-order valence-electron chi connectivity index (χ4n) is 2.40. The van der Waals surface area contributed by atoms with E-state index in [1.807, 2.05) is 12.3 Å². The van der Waals surface area contributed by atoms with Crippen LogP contribution in [0.4, 0.5) is 0 Å². The first kappa shape index (κ1) is 13.4. The van der Waals surface area contributed by atoms with Crippen LogP contribution in [-0.2, 0) is 6.42 Å². The van der Waals surface area contributed by atoms with Crippen molar-refractivity contribution >= 4 is 16.3 Å². The molecular formula is C15H19N3OS. The third kappa shape index (κ3) is 2.64. The summed E-state index contributed by atoms with van der Waals surface area (Å²) in [5.41, 5.74) is 2.29. The van der Waals surface area contributed by atoms with Crippen LogP contribution in [0, 0.1) is 6.92 Å². The van der Waals surface area contributed by atoms with Gasteiger partial charge >= 0.3 is 0 Å². The Morgan fingerprint density at radius 2 is 2.40 bits per heavy atom. The minimum absolute atomic E-state index is 0.189. The Kier molecular flexibility index (Phi) is 3.89. The summed E-state index contributed by atoms with van der Waals surface area (Å²) >= 11 is 1.66. The molecule has 3 rings (SSSR count). The SMILES string of the molecule is CCCNC(Cc1cn2ccsc2n1)c1occc1C. The maximum atomic E-state index is 5.66. The molecule has 3 aromatic heterocycles. The van der Waals surface area contributed by atoms with Crippen molar-refractivity contribution in [1.29, 1.82) is 0 Å². The summed E-state index contributed by atoms with van der Waals surface area (Å²) < 4.78 is 7.73. The second-order valence-electron chi connectivity index (χ2n) is 5.00. The molecule has 0 aliphatic rings. The minimum Gasteiger partial charge on any atom is -0.467 e. The second-order valence-corrected chi connectivity index (χ2v) is 5.88. The maximum absolute atomic E-state index is 5.66. The molecule has 0 bridgehead atoms. The highest BCUT2D eigenvalue weighted by Crippen LogP contribution is 2.23. The number of imidazole rings is 1. The third-order valence-electron chi connectivity index (χ3n) is 3.42. The zero-order valence-electron chi connectivity index (χ0n) is 11.8. The van der Waals surface area contributed by atoms with Gasteiger partial charge in [-0.2, -0.15) is 0 Å². The number of hydrogen-bond acceptors (Lipinski definition) is 4. The van der Waals surface area contributed by atoms with E-state index in [-0.39, 0.29) is 6.04 Å². The normalized spacial score (nSPS) is 13.1. The van der Waals surface area contributed by atoms with Gasteiger partial charge in [0.15, 0.2) is 4.96 Å². The van der Waals surface area contributed by atoms with Crippen LogP contribution in [-0.4, -0.2) is 15.9 Å². The monoisotopic (exact) mass is 289 g/mol. The Morgan fingerprint density at radius 3 is 3.10 bits per heavy atom. The van der Waals surface area contributed by atoms with E-state index in [9.17, 15) is 0 Å². The maximum Gasteiger partial charge on any atom is 0.193 e. The number of furan rings is 1. The van der Waals surface area contributed by atoms with Crippen LogP contribution < -0.4 is 5.32 Å². The van der Waals surface area contributed by atoms with Crippen LogP contribution in [0.5, 0.6) is 0 Å². The van der Waals surface area contributed by atoms with Crippen LogP contribution in [0.3, 0.4) is 0 Å². The summed E-state index contributed by atoms with van der Waals surface area (Å²) in [6.07, 6.45) is 7.86. The van der Waals surface area contributed by atoms with Crippen LogP contribution in [0.2, 0.25) is 0 Å². The molecule has 0 radical (unpaired) electrons. The van der Waals surface area contributed by atoms with Crippen molar-refractivity contribution in [2.24, 2.45) is 0 Å². The van der Waals surface area contributed by atoms with Gasteiger partial charge < -0.3 is 9.73 Å². The van der Waals surface area contributed by atoms with E-state index < -0.39 is 0 Å². The molecule has 106 valence electrons. The van der Waals surface area contributed by atoms with Crippen molar-refractivity contribution in [3.05, 3.63) is 47.1 Å². The van der Waals surface area contributed by atoms with Gasteiger partial charge in [0.1, 0.15) is 5.76 Å². The van der Waals surface area contributed by atoms with Crippen molar-refractivity contribution in [1.82, 2.24) is 14.7 Å². The van der Waals surface area contributed by atoms with Gasteiger partial charge in [-0.1, -0.05) is 6.92 Å². The molecular weight excluding hydrogens is 270 g/mol. The van der Waals surface area contributed by atoms with E-state index in [1.54, 1.807) is 17.6 Å². The topological polar surface area (TPSA) is 42.5 Å². The summed E-state index contributed by atoms with van der Waals surface area (Å²) in [6, 6.07) is 2.20. The molecule has 3 aromatic rings. The molecule has 0 aliphatic carbocycles. The summed E-state index contributed by atoms with van der Waals surface area (Å²) in [5, 5.41) is 5.61. The lowest BCUT2D eigenvalue weighted by atomic mass is 10.1. The predicted molar refractivity (Wildman–Crippen MR) is 81.3 cm³/mol. The standard InChI is InChI=1S/C15H19N3OS/c1-3-5-16-13(14-11(2)4-7-19-14)9-12-10-18-6-8-20-15(18)17-12/h4,6-8,10,13,16H,3,5,9H2,1-2H3. The van der Waals surface area contributed by atoms with Gasteiger partial charge in [-0.3, -0.25) is 4.40 Å². The van der Waals surface area contributed by atoms with E-state index in [4.69, 9.17) is 4.42 Å². The van der Waals surface area contributed by atoms with Crippen molar-refractivity contribution in [3.8, 4) is 0 Å². The quantitative estimate of drug-likeness (QED) is 0.754. The lowest BCUT2D eigenvalue weighted by Gasteiger charge is -2.16. The number of fused-ring (bicyclic) bond motifs is 1. The highest BCUT2D eigenvalue weighted by atomic mass is 32.1. The molecule has 1 atom stereocenters. The molecule has 0 saturated carbocycles. The number of hydrogen-bond donors (Lipinski definition) is 1. The van der Waals surface area contributed by atoms with Gasteiger partial charge in [0, 0.05) is 24.2 Å². The van der Waals surface area contributed by atoms with Crippen molar-refractivity contribution in [2.45, 2.75) is 32.7 Å². The Bertz CT molecular complexity index is 653. The predicted octanol–water partition coefficient (Wildman–Crippen LogP) is 3.58. The molecule has 0 aliphatic heterocycles. The molecule has 0 spiro atoms. The molecule has 4 nitrogen and oxygen atoms in total. The number of rotatable bonds is 6. The fourth-order valence-corrected chi connectivity index (χ4v) is 3.12. The van der Waals surface area contributed by atoms with Crippen LogP contribution in [0.1, 0.15) is 36.4 Å². The van der Waals surface area contributed by atoms with E-state index in [0.29, 0.717) is 0 Å². The van der Waals surface area contributed by atoms with Crippen molar-refractivity contribution < 1.29 is 4.42 Å². The number of thiazole rings is 1. The van der Waals surface area contributed by atoms with E-state index >= 15 is 0 Å². The minimum atomic E-state index is 0.189. The smallest absolute Gasteiger partial charge is 0.193 e. The molecule has 0 saturated heterocycles. The molecule has 0 amide bonds.